The minimum absolute atomic E-state index is 0.236. The molecule has 0 bridgehead atoms. The Labute approximate surface area is 184 Å². The van der Waals surface area contributed by atoms with Crippen LogP contribution >= 0.6 is 0 Å². The van der Waals surface area contributed by atoms with E-state index in [4.69, 9.17) is 4.74 Å². The third-order valence-corrected chi connectivity index (χ3v) is 7.05. The second kappa shape index (κ2) is 10.7. The number of benzene rings is 1. The van der Waals surface area contributed by atoms with E-state index in [2.05, 4.69) is 36.4 Å². The summed E-state index contributed by atoms with van der Waals surface area (Å²) in [6, 6.07) is 7.27. The number of nitrogens with one attached hydrogen (secondary N) is 2. The number of rotatable bonds is 8. The Kier molecular flexibility index (Phi) is 8.05. The fourth-order valence-electron chi connectivity index (χ4n) is 3.79. The minimum Gasteiger partial charge on any atom is -0.383 e. The van der Waals surface area contributed by atoms with E-state index in [1.165, 1.54) is 7.11 Å². The van der Waals surface area contributed by atoms with E-state index >= 15 is 0 Å². The van der Waals surface area contributed by atoms with E-state index in [1.807, 2.05) is 24.8 Å². The lowest BCUT2D eigenvalue weighted by Gasteiger charge is -2.39. The van der Waals surface area contributed by atoms with E-state index in [1.54, 1.807) is 25.2 Å². The van der Waals surface area contributed by atoms with Crippen molar-refractivity contribution in [3.05, 3.63) is 48.5 Å². The van der Waals surface area contributed by atoms with Crippen molar-refractivity contribution in [3.63, 3.8) is 0 Å². The zero-order valence-electron chi connectivity index (χ0n) is 18.4. The van der Waals surface area contributed by atoms with Gasteiger partial charge in [-0.1, -0.05) is 19.1 Å². The van der Waals surface area contributed by atoms with Gasteiger partial charge in [0.25, 0.3) is 0 Å². The van der Waals surface area contributed by atoms with Crippen LogP contribution in [0.4, 0.5) is 0 Å². The molecule has 3 rings (SSSR count). The first kappa shape index (κ1) is 23.2. The average molecular weight is 449 g/mol. The Hall–Kier alpha value is -2.43. The fraction of sp³-hybridized carbons (Fsp3) is 0.524. The molecule has 0 saturated carbocycles. The van der Waals surface area contributed by atoms with Gasteiger partial charge >= 0.3 is 0 Å². The predicted octanol–water partition coefficient (Wildman–Crippen LogP) is 1.47. The van der Waals surface area contributed by atoms with Crippen LogP contribution < -0.4 is 10.0 Å². The number of aromatic nitrogens is 2. The van der Waals surface area contributed by atoms with Gasteiger partial charge in [0.15, 0.2) is 5.96 Å². The highest BCUT2D eigenvalue weighted by Crippen LogP contribution is 2.27. The van der Waals surface area contributed by atoms with E-state index in [-0.39, 0.29) is 11.4 Å². The highest BCUT2D eigenvalue weighted by atomic mass is 32.2. The van der Waals surface area contributed by atoms with Crippen LogP contribution in [0.3, 0.4) is 0 Å². The number of imidazole rings is 1. The van der Waals surface area contributed by atoms with Crippen LogP contribution in [-0.2, 0) is 21.3 Å². The first-order valence-electron chi connectivity index (χ1n) is 10.4. The van der Waals surface area contributed by atoms with Crippen molar-refractivity contribution in [1.82, 2.24) is 24.5 Å². The largest absolute Gasteiger partial charge is 0.383 e. The number of hydrogen-bond donors (Lipinski definition) is 2. The molecule has 170 valence electrons. The van der Waals surface area contributed by atoms with Gasteiger partial charge in [-0.05, 0) is 30.0 Å². The van der Waals surface area contributed by atoms with Crippen LogP contribution in [0.25, 0.3) is 0 Å². The van der Waals surface area contributed by atoms with E-state index in [9.17, 15) is 8.42 Å². The molecule has 2 atom stereocenters. The molecule has 1 aliphatic rings. The maximum absolute atomic E-state index is 12.5. The molecule has 10 heteroatoms. The molecule has 31 heavy (non-hydrogen) atoms. The van der Waals surface area contributed by atoms with Crippen LogP contribution in [0.5, 0.6) is 0 Å². The van der Waals surface area contributed by atoms with Crippen LogP contribution in [0, 0.1) is 5.92 Å². The maximum atomic E-state index is 12.5. The van der Waals surface area contributed by atoms with Crippen LogP contribution in [0.15, 0.2) is 52.9 Å². The number of guanidine groups is 1. The lowest BCUT2D eigenvalue weighted by Crippen LogP contribution is -2.48. The summed E-state index contributed by atoms with van der Waals surface area (Å²) in [6.07, 6.45) is 6.75. The molecule has 1 saturated heterocycles. The van der Waals surface area contributed by atoms with Crippen molar-refractivity contribution >= 4 is 16.0 Å². The monoisotopic (exact) mass is 448 g/mol. The standard InChI is InChI=1S/C21H32N6O3S/c1-17-7-10-26(15-20(17)27-11-8-23-16-27)21(22-2)24-14-18-5-4-6-19(13-18)31(28,29)25-9-12-30-3/h4-6,8,11,13,16-17,20,25H,7,9-10,12,14-15H2,1-3H3,(H,22,24). The molecule has 1 aromatic heterocycles. The van der Waals surface area contributed by atoms with Crippen LogP contribution in [-0.4, -0.2) is 69.2 Å². The van der Waals surface area contributed by atoms with Crippen molar-refractivity contribution in [2.24, 2.45) is 10.9 Å². The zero-order chi connectivity index (χ0) is 22.3. The summed E-state index contributed by atoms with van der Waals surface area (Å²) >= 11 is 0. The van der Waals surface area contributed by atoms with Crippen LogP contribution in [0.2, 0.25) is 0 Å². The van der Waals surface area contributed by atoms with Crippen molar-refractivity contribution in [2.45, 2.75) is 30.8 Å². The lowest BCUT2D eigenvalue weighted by atomic mass is 9.93. The Balaban J connectivity index is 1.63. The molecule has 9 nitrogen and oxygen atoms in total. The highest BCUT2D eigenvalue weighted by Gasteiger charge is 2.28. The third kappa shape index (κ3) is 6.05. The van der Waals surface area contributed by atoms with E-state index in [0.717, 1.165) is 31.0 Å². The molecule has 0 spiro atoms. The predicted molar refractivity (Wildman–Crippen MR) is 120 cm³/mol. The van der Waals surface area contributed by atoms with E-state index in [0.29, 0.717) is 25.1 Å². The number of likely N-dealkylation sites (tertiary alicyclic amines) is 1. The average Bonchev–Trinajstić information content (AvgIpc) is 3.30. The Morgan fingerprint density at radius 1 is 1.39 bits per heavy atom. The smallest absolute Gasteiger partial charge is 0.240 e. The van der Waals surface area contributed by atoms with Gasteiger partial charge in [-0.25, -0.2) is 18.1 Å². The van der Waals surface area contributed by atoms with Gasteiger partial charge in [-0.3, -0.25) is 4.99 Å². The summed E-state index contributed by atoms with van der Waals surface area (Å²) in [7, 11) is -0.258. The summed E-state index contributed by atoms with van der Waals surface area (Å²) in [6.45, 7) is 5.07. The highest BCUT2D eigenvalue weighted by molar-refractivity contribution is 7.89. The number of hydrogen-bond acceptors (Lipinski definition) is 5. The Bertz CT molecular complexity index is 961. The van der Waals surface area contributed by atoms with Gasteiger partial charge in [0.05, 0.1) is 23.9 Å². The van der Waals surface area contributed by atoms with Gasteiger partial charge in [-0.15, -0.1) is 0 Å². The molecular formula is C21H32N6O3S. The maximum Gasteiger partial charge on any atom is 0.240 e. The summed E-state index contributed by atoms with van der Waals surface area (Å²) in [5.41, 5.74) is 0.868. The van der Waals surface area contributed by atoms with Crippen molar-refractivity contribution < 1.29 is 13.2 Å². The van der Waals surface area contributed by atoms with Gasteiger partial charge in [0, 0.05) is 52.7 Å². The second-order valence-corrected chi connectivity index (χ2v) is 9.49. The number of methoxy groups -OCH3 is 1. The van der Waals surface area contributed by atoms with Gasteiger partial charge in [0.1, 0.15) is 0 Å². The molecule has 1 fully saturated rings. The second-order valence-electron chi connectivity index (χ2n) is 7.73. The Morgan fingerprint density at radius 2 is 2.23 bits per heavy atom. The summed E-state index contributed by atoms with van der Waals surface area (Å²) in [4.78, 5) is 11.1. The van der Waals surface area contributed by atoms with Crippen molar-refractivity contribution in [2.75, 3.05) is 40.4 Å². The molecule has 0 amide bonds. The first-order valence-corrected chi connectivity index (χ1v) is 11.9. The van der Waals surface area contributed by atoms with Crippen molar-refractivity contribution in [1.29, 1.82) is 0 Å². The summed E-state index contributed by atoms with van der Waals surface area (Å²) in [5, 5.41) is 3.38. The third-order valence-electron chi connectivity index (χ3n) is 5.60. The molecular weight excluding hydrogens is 416 g/mol. The minimum atomic E-state index is -3.57. The zero-order valence-corrected chi connectivity index (χ0v) is 19.2. The molecule has 2 aromatic rings. The number of piperidine rings is 1. The molecule has 2 N–H and O–H groups in total. The fourth-order valence-corrected chi connectivity index (χ4v) is 4.88. The molecule has 1 aromatic carbocycles. The number of aliphatic imine (C=N–C) groups is 1. The molecule has 2 heterocycles. The molecule has 0 aliphatic carbocycles. The molecule has 1 aliphatic heterocycles. The van der Waals surface area contributed by atoms with Gasteiger partial charge in [-0.2, -0.15) is 0 Å². The Morgan fingerprint density at radius 3 is 2.94 bits per heavy atom. The summed E-state index contributed by atoms with van der Waals surface area (Å²) in [5.74, 6) is 1.36. The number of nitrogens with zero attached hydrogens (tertiary/aromatic N) is 4. The molecule has 0 radical (unpaired) electrons. The van der Waals surface area contributed by atoms with Gasteiger partial charge < -0.3 is 19.5 Å². The molecule has 2 unspecified atom stereocenters. The number of ether oxygens (including phenoxy) is 1. The van der Waals surface area contributed by atoms with Crippen LogP contribution in [0.1, 0.15) is 24.9 Å². The van der Waals surface area contributed by atoms with Gasteiger partial charge in [0.2, 0.25) is 10.0 Å². The quantitative estimate of drug-likeness (QED) is 0.360. The van der Waals surface area contributed by atoms with Crippen molar-refractivity contribution in [3.8, 4) is 0 Å². The summed E-state index contributed by atoms with van der Waals surface area (Å²) < 4.78 is 34.5. The topological polar surface area (TPSA) is 101 Å². The van der Waals surface area contributed by atoms with E-state index < -0.39 is 10.0 Å². The SMILES string of the molecule is CN=C(NCc1cccc(S(=O)(=O)NCCOC)c1)N1CCC(C)C(n2ccnc2)C1. The number of sulfonamides is 1. The normalized spacial score (nSPS) is 20.1. The lowest BCUT2D eigenvalue weighted by molar-refractivity contribution is 0.189. The first-order chi connectivity index (χ1) is 14.9.